The predicted octanol–water partition coefficient (Wildman–Crippen LogP) is 2.31. The van der Waals surface area contributed by atoms with Gasteiger partial charge in [0.1, 0.15) is 0 Å². The quantitative estimate of drug-likeness (QED) is 0.613. The van der Waals surface area contributed by atoms with Crippen molar-refractivity contribution in [2.45, 2.75) is 26.2 Å². The highest BCUT2D eigenvalue weighted by molar-refractivity contribution is 5.66. The normalized spacial score (nSPS) is 10.1. The summed E-state index contributed by atoms with van der Waals surface area (Å²) in [6, 6.07) is 4.87. The van der Waals surface area contributed by atoms with E-state index in [9.17, 15) is 14.9 Å². The maximum atomic E-state index is 10.6. The molecular weight excluding hydrogens is 210 g/mol. The largest absolute Gasteiger partial charge is 0.481 e. The molecule has 1 aromatic carbocycles. The number of carboxylic acids is 1. The van der Waals surface area contributed by atoms with Crippen LogP contribution in [0.2, 0.25) is 0 Å². The number of aryl methyl sites for hydroxylation is 2. The zero-order valence-electron chi connectivity index (χ0n) is 8.97. The van der Waals surface area contributed by atoms with E-state index in [0.29, 0.717) is 18.4 Å². The van der Waals surface area contributed by atoms with E-state index in [2.05, 4.69) is 0 Å². The average Bonchev–Trinajstić information content (AvgIpc) is 2.16. The summed E-state index contributed by atoms with van der Waals surface area (Å²) in [5.41, 5.74) is 1.64. The van der Waals surface area contributed by atoms with Crippen molar-refractivity contribution in [1.82, 2.24) is 0 Å². The first-order valence-corrected chi connectivity index (χ1v) is 4.96. The molecule has 0 amide bonds. The van der Waals surface area contributed by atoms with E-state index in [4.69, 9.17) is 5.11 Å². The Hall–Kier alpha value is -1.91. The van der Waals surface area contributed by atoms with E-state index in [1.54, 1.807) is 19.1 Å². The first-order chi connectivity index (χ1) is 7.50. The highest BCUT2D eigenvalue weighted by Crippen LogP contribution is 2.19. The Morgan fingerprint density at radius 1 is 1.50 bits per heavy atom. The van der Waals surface area contributed by atoms with Crippen molar-refractivity contribution in [3.63, 3.8) is 0 Å². The van der Waals surface area contributed by atoms with Gasteiger partial charge in [0.15, 0.2) is 0 Å². The number of nitro groups is 1. The second kappa shape index (κ2) is 5.25. The molecule has 0 unspecified atom stereocenters. The Bertz CT molecular complexity index is 414. The maximum Gasteiger partial charge on any atom is 0.303 e. The van der Waals surface area contributed by atoms with Crippen LogP contribution in [0.25, 0.3) is 0 Å². The number of benzene rings is 1. The molecule has 5 nitrogen and oxygen atoms in total. The minimum Gasteiger partial charge on any atom is -0.481 e. The standard InChI is InChI=1S/C11H13NO4/c1-8-7-9(3-2-4-11(13)14)5-6-10(8)12(15)16/h5-7H,2-4H2,1H3,(H,13,14). The molecule has 86 valence electrons. The van der Waals surface area contributed by atoms with Gasteiger partial charge in [-0.2, -0.15) is 0 Å². The van der Waals surface area contributed by atoms with Crippen LogP contribution < -0.4 is 0 Å². The maximum absolute atomic E-state index is 10.6. The summed E-state index contributed by atoms with van der Waals surface area (Å²) in [5.74, 6) is -0.821. The number of nitro benzene ring substituents is 1. The summed E-state index contributed by atoms with van der Waals surface area (Å²) in [6.07, 6.45) is 1.30. The Labute approximate surface area is 92.9 Å². The molecule has 1 N–H and O–H groups in total. The smallest absolute Gasteiger partial charge is 0.303 e. The minimum atomic E-state index is -0.821. The van der Waals surface area contributed by atoms with Gasteiger partial charge in [-0.1, -0.05) is 6.07 Å². The molecule has 0 aromatic heterocycles. The van der Waals surface area contributed by atoms with Gasteiger partial charge in [0.25, 0.3) is 5.69 Å². The molecule has 5 heteroatoms. The summed E-state index contributed by atoms with van der Waals surface area (Å²) >= 11 is 0. The van der Waals surface area contributed by atoms with Crippen molar-refractivity contribution in [3.8, 4) is 0 Å². The first kappa shape index (κ1) is 12.2. The fourth-order valence-corrected chi connectivity index (χ4v) is 1.52. The number of nitrogens with zero attached hydrogens (tertiary/aromatic N) is 1. The van der Waals surface area contributed by atoms with Crippen molar-refractivity contribution in [3.05, 3.63) is 39.4 Å². The Kier molecular flexibility index (Phi) is 3.99. The molecule has 1 rings (SSSR count). The summed E-state index contributed by atoms with van der Waals surface area (Å²) in [6.45, 7) is 1.68. The SMILES string of the molecule is Cc1cc(CCCC(=O)O)ccc1[N+](=O)[O-]. The third kappa shape index (κ3) is 3.34. The van der Waals surface area contributed by atoms with Crippen LogP contribution in [0, 0.1) is 17.0 Å². The summed E-state index contributed by atoms with van der Waals surface area (Å²) in [4.78, 5) is 20.5. The molecule has 0 bridgehead atoms. The second-order valence-electron chi connectivity index (χ2n) is 3.63. The van der Waals surface area contributed by atoms with Crippen molar-refractivity contribution >= 4 is 11.7 Å². The van der Waals surface area contributed by atoms with Crippen LogP contribution in [-0.2, 0) is 11.2 Å². The number of carboxylic acid groups (broad SMARTS) is 1. The molecule has 0 heterocycles. The molecule has 0 aliphatic carbocycles. The van der Waals surface area contributed by atoms with Gasteiger partial charge in [0, 0.05) is 18.1 Å². The Balaban J connectivity index is 2.66. The topological polar surface area (TPSA) is 80.4 Å². The van der Waals surface area contributed by atoms with E-state index in [0.717, 1.165) is 5.56 Å². The van der Waals surface area contributed by atoms with Gasteiger partial charge in [-0.05, 0) is 31.4 Å². The molecule has 0 radical (unpaired) electrons. The van der Waals surface area contributed by atoms with Gasteiger partial charge in [-0.15, -0.1) is 0 Å². The lowest BCUT2D eigenvalue weighted by Gasteiger charge is -2.02. The number of carbonyl (C=O) groups is 1. The molecule has 0 fully saturated rings. The van der Waals surface area contributed by atoms with Crippen LogP contribution in [0.15, 0.2) is 18.2 Å². The highest BCUT2D eigenvalue weighted by Gasteiger charge is 2.09. The number of hydrogen-bond acceptors (Lipinski definition) is 3. The minimum absolute atomic E-state index is 0.0991. The predicted molar refractivity (Wildman–Crippen MR) is 58.4 cm³/mol. The second-order valence-corrected chi connectivity index (χ2v) is 3.63. The fraction of sp³-hybridized carbons (Fsp3) is 0.364. The van der Waals surface area contributed by atoms with Gasteiger partial charge in [0.05, 0.1) is 4.92 Å². The van der Waals surface area contributed by atoms with E-state index in [1.165, 1.54) is 6.07 Å². The van der Waals surface area contributed by atoms with E-state index in [-0.39, 0.29) is 12.1 Å². The zero-order chi connectivity index (χ0) is 12.1. The van der Waals surface area contributed by atoms with Crippen LogP contribution >= 0.6 is 0 Å². The fourth-order valence-electron chi connectivity index (χ4n) is 1.52. The van der Waals surface area contributed by atoms with Crippen molar-refractivity contribution in [2.75, 3.05) is 0 Å². The monoisotopic (exact) mass is 223 g/mol. The first-order valence-electron chi connectivity index (χ1n) is 4.96. The number of hydrogen-bond donors (Lipinski definition) is 1. The molecule has 0 saturated carbocycles. The van der Waals surface area contributed by atoms with Crippen LogP contribution in [0.5, 0.6) is 0 Å². The lowest BCUT2D eigenvalue weighted by molar-refractivity contribution is -0.385. The zero-order valence-corrected chi connectivity index (χ0v) is 8.97. The molecule has 1 aromatic rings. The lowest BCUT2D eigenvalue weighted by Crippen LogP contribution is -1.97. The Morgan fingerprint density at radius 3 is 2.69 bits per heavy atom. The van der Waals surface area contributed by atoms with Crippen molar-refractivity contribution < 1.29 is 14.8 Å². The van der Waals surface area contributed by atoms with Gasteiger partial charge < -0.3 is 5.11 Å². The van der Waals surface area contributed by atoms with Gasteiger partial charge in [0.2, 0.25) is 0 Å². The molecular formula is C11H13NO4. The highest BCUT2D eigenvalue weighted by atomic mass is 16.6. The molecule has 16 heavy (non-hydrogen) atoms. The number of rotatable bonds is 5. The average molecular weight is 223 g/mol. The third-order valence-electron chi connectivity index (χ3n) is 2.31. The lowest BCUT2D eigenvalue weighted by atomic mass is 10.0. The van der Waals surface area contributed by atoms with E-state index >= 15 is 0 Å². The van der Waals surface area contributed by atoms with Crippen LogP contribution in [0.3, 0.4) is 0 Å². The van der Waals surface area contributed by atoms with Crippen LogP contribution in [-0.4, -0.2) is 16.0 Å². The Morgan fingerprint density at radius 2 is 2.19 bits per heavy atom. The van der Waals surface area contributed by atoms with Crippen molar-refractivity contribution in [2.24, 2.45) is 0 Å². The molecule has 0 atom stereocenters. The van der Waals surface area contributed by atoms with E-state index in [1.807, 2.05) is 0 Å². The van der Waals surface area contributed by atoms with Crippen molar-refractivity contribution in [1.29, 1.82) is 0 Å². The molecule has 0 spiro atoms. The van der Waals surface area contributed by atoms with Gasteiger partial charge in [-0.25, -0.2) is 0 Å². The summed E-state index contributed by atoms with van der Waals surface area (Å²) in [7, 11) is 0. The summed E-state index contributed by atoms with van der Waals surface area (Å²) in [5, 5.41) is 19.0. The van der Waals surface area contributed by atoms with Crippen LogP contribution in [0.4, 0.5) is 5.69 Å². The van der Waals surface area contributed by atoms with Gasteiger partial charge >= 0.3 is 5.97 Å². The van der Waals surface area contributed by atoms with Gasteiger partial charge in [-0.3, -0.25) is 14.9 Å². The van der Waals surface area contributed by atoms with Crippen LogP contribution in [0.1, 0.15) is 24.0 Å². The third-order valence-corrected chi connectivity index (χ3v) is 2.31. The molecule has 0 aliphatic rings. The molecule has 0 saturated heterocycles. The summed E-state index contributed by atoms with van der Waals surface area (Å²) < 4.78 is 0. The van der Waals surface area contributed by atoms with E-state index < -0.39 is 10.9 Å². The number of aliphatic carboxylic acids is 1. The molecule has 0 aliphatic heterocycles.